The Bertz CT molecular complexity index is 1090. The smallest absolute Gasteiger partial charge is 0.418 e. The van der Waals surface area contributed by atoms with Gasteiger partial charge in [0.25, 0.3) is 0 Å². The molecule has 2 aliphatic heterocycles. The van der Waals surface area contributed by atoms with Crippen LogP contribution in [0.5, 0.6) is 0 Å². The molecule has 2 atom stereocenters. The van der Waals surface area contributed by atoms with Crippen LogP contribution >= 0.6 is 0 Å². The molecule has 1 aliphatic carbocycles. The summed E-state index contributed by atoms with van der Waals surface area (Å²) in [7, 11) is -4.79. The van der Waals surface area contributed by atoms with Gasteiger partial charge in [0.05, 0.1) is 18.1 Å². The van der Waals surface area contributed by atoms with Crippen LogP contribution in [0.15, 0.2) is 15.6 Å². The van der Waals surface area contributed by atoms with Crippen molar-refractivity contribution < 1.29 is 36.1 Å². The molecule has 14 heteroatoms. The Morgan fingerprint density at radius 3 is 2.68 bits per heavy atom. The first-order chi connectivity index (χ1) is 15.8. The minimum Gasteiger partial charge on any atom is -0.444 e. The molecule has 34 heavy (non-hydrogen) atoms. The van der Waals surface area contributed by atoms with Crippen molar-refractivity contribution in [3.8, 4) is 0 Å². The molecule has 2 saturated heterocycles. The van der Waals surface area contributed by atoms with Crippen molar-refractivity contribution in [2.24, 2.45) is 4.99 Å². The fourth-order valence-electron chi connectivity index (χ4n) is 4.48. The van der Waals surface area contributed by atoms with Crippen LogP contribution in [0.3, 0.4) is 0 Å². The Morgan fingerprint density at radius 2 is 2.03 bits per heavy atom. The Labute approximate surface area is 197 Å². The third-order valence-corrected chi connectivity index (χ3v) is 6.31. The van der Waals surface area contributed by atoms with E-state index in [2.05, 4.69) is 19.7 Å². The molecule has 0 spiro atoms. The standard InChI is InChI=1S/C20H29N5O8S/c1-11(22-18(26)31-20(2,3)4)21-13-7-12(8-13)17-9-15(23-32-17)16-6-5-14-10-24(16)19(27)25(14)33-34(28,29)30/h9,12-14,16H,5-8,10H2,1-4H3,(H,21,22,26)(H,28,29,30)/t12?,13?,14-,16+/m1/s1. The number of hydroxylamine groups is 2. The van der Waals surface area contributed by atoms with Gasteiger partial charge < -0.3 is 14.2 Å². The number of amides is 3. The third-order valence-electron chi connectivity index (χ3n) is 5.96. The zero-order chi connectivity index (χ0) is 24.8. The predicted molar refractivity (Wildman–Crippen MR) is 117 cm³/mol. The normalized spacial score (nSPS) is 27.6. The first kappa shape index (κ1) is 24.4. The fraction of sp³-hybridized carbons (Fsp3) is 0.700. The summed E-state index contributed by atoms with van der Waals surface area (Å²) in [4.78, 5) is 30.4. The van der Waals surface area contributed by atoms with Gasteiger partial charge in [-0.2, -0.15) is 13.5 Å². The summed E-state index contributed by atoms with van der Waals surface area (Å²) in [5.41, 5.74) is 0.00156. The van der Waals surface area contributed by atoms with E-state index in [4.69, 9.17) is 13.8 Å². The number of nitrogens with zero attached hydrogens (tertiary/aromatic N) is 4. The summed E-state index contributed by atoms with van der Waals surface area (Å²) < 4.78 is 46.2. The fourth-order valence-corrected chi connectivity index (χ4v) is 4.86. The lowest BCUT2D eigenvalue weighted by molar-refractivity contribution is -0.0317. The van der Waals surface area contributed by atoms with Gasteiger partial charge in [-0.3, -0.25) is 14.9 Å². The Balaban J connectivity index is 1.32. The van der Waals surface area contributed by atoms with E-state index in [0.29, 0.717) is 35.2 Å². The number of rotatable bonds is 5. The summed E-state index contributed by atoms with van der Waals surface area (Å²) in [6.45, 7) is 7.34. The number of carbonyl (C=O) groups is 2. The molecular formula is C20H29N5O8S. The highest BCUT2D eigenvalue weighted by molar-refractivity contribution is 7.80. The number of alkyl carbamates (subject to hydrolysis) is 1. The summed E-state index contributed by atoms with van der Waals surface area (Å²) in [5.74, 6) is 1.30. The number of fused-ring (bicyclic) bond motifs is 2. The van der Waals surface area contributed by atoms with E-state index in [1.165, 1.54) is 4.90 Å². The van der Waals surface area contributed by atoms with Gasteiger partial charge in [-0.15, -0.1) is 4.28 Å². The molecule has 3 aliphatic rings. The molecule has 0 radical (unpaired) electrons. The van der Waals surface area contributed by atoms with Gasteiger partial charge in [0.2, 0.25) is 0 Å². The molecule has 2 bridgehead atoms. The number of carbonyl (C=O) groups excluding carboxylic acids is 2. The Kier molecular flexibility index (Phi) is 6.33. The van der Waals surface area contributed by atoms with Crippen LogP contribution in [0, 0.1) is 0 Å². The monoisotopic (exact) mass is 499 g/mol. The number of hydrogen-bond acceptors (Lipinski definition) is 9. The average molecular weight is 500 g/mol. The molecule has 0 aromatic carbocycles. The van der Waals surface area contributed by atoms with E-state index in [1.54, 1.807) is 27.7 Å². The van der Waals surface area contributed by atoms with E-state index in [0.717, 1.165) is 12.8 Å². The molecule has 0 unspecified atom stereocenters. The Morgan fingerprint density at radius 1 is 1.32 bits per heavy atom. The van der Waals surface area contributed by atoms with Gasteiger partial charge in [0.1, 0.15) is 22.9 Å². The van der Waals surface area contributed by atoms with Crippen LogP contribution in [-0.4, -0.2) is 70.3 Å². The molecule has 1 aromatic heterocycles. The largest absolute Gasteiger partial charge is 0.444 e. The summed E-state index contributed by atoms with van der Waals surface area (Å²) in [6, 6.07) is 0.391. The highest BCUT2D eigenvalue weighted by atomic mass is 32.3. The lowest BCUT2D eigenvalue weighted by Crippen LogP contribution is -2.36. The van der Waals surface area contributed by atoms with Crippen molar-refractivity contribution in [1.82, 2.24) is 20.4 Å². The lowest BCUT2D eigenvalue weighted by Gasteiger charge is -2.31. The third kappa shape index (κ3) is 5.50. The maximum atomic E-state index is 12.6. The number of nitrogens with one attached hydrogen (secondary N) is 1. The van der Waals surface area contributed by atoms with Crippen molar-refractivity contribution in [3.63, 3.8) is 0 Å². The molecule has 3 heterocycles. The van der Waals surface area contributed by atoms with Crippen molar-refractivity contribution in [1.29, 1.82) is 0 Å². The second-order valence-electron chi connectivity index (χ2n) is 9.83. The highest BCUT2D eigenvalue weighted by Crippen LogP contribution is 2.42. The van der Waals surface area contributed by atoms with E-state index < -0.39 is 34.2 Å². The number of amidine groups is 1. The van der Waals surface area contributed by atoms with Crippen molar-refractivity contribution in [2.45, 2.75) is 83.0 Å². The van der Waals surface area contributed by atoms with Crippen LogP contribution in [0.4, 0.5) is 9.59 Å². The highest BCUT2D eigenvalue weighted by Gasteiger charge is 2.48. The molecule has 188 valence electrons. The number of hydrogen-bond donors (Lipinski definition) is 2. The molecule has 1 saturated carbocycles. The number of urea groups is 1. The lowest BCUT2D eigenvalue weighted by atomic mass is 9.79. The summed E-state index contributed by atoms with van der Waals surface area (Å²) in [5, 5.41) is 7.48. The van der Waals surface area contributed by atoms with Crippen LogP contribution < -0.4 is 5.32 Å². The number of aliphatic imine (C=N–C) groups is 1. The van der Waals surface area contributed by atoms with Crippen molar-refractivity contribution in [3.05, 3.63) is 17.5 Å². The van der Waals surface area contributed by atoms with Crippen LogP contribution in [-0.2, 0) is 19.4 Å². The first-order valence-corrected chi connectivity index (χ1v) is 12.4. The zero-order valence-corrected chi connectivity index (χ0v) is 20.2. The molecule has 2 N–H and O–H groups in total. The van der Waals surface area contributed by atoms with Gasteiger partial charge in [0.15, 0.2) is 0 Å². The summed E-state index contributed by atoms with van der Waals surface area (Å²) in [6.07, 6.45) is 1.97. The van der Waals surface area contributed by atoms with Crippen LogP contribution in [0.2, 0.25) is 0 Å². The quantitative estimate of drug-likeness (QED) is 0.352. The Hall–Kier alpha value is -2.71. The SMILES string of the molecule is CC(=NC1CC(c2cc([C@@H]3CC[C@@H]4CN3C(=O)N4OS(=O)(=O)O)no2)C1)NC(=O)OC(C)(C)C. The van der Waals surface area contributed by atoms with E-state index in [-0.39, 0.29) is 24.5 Å². The second-order valence-corrected chi connectivity index (χ2v) is 10.8. The molecular weight excluding hydrogens is 470 g/mol. The predicted octanol–water partition coefficient (Wildman–Crippen LogP) is 2.54. The van der Waals surface area contributed by atoms with Gasteiger partial charge in [0, 0.05) is 18.5 Å². The molecule has 1 aromatic rings. The zero-order valence-electron chi connectivity index (χ0n) is 19.4. The van der Waals surface area contributed by atoms with Gasteiger partial charge in [-0.1, -0.05) is 5.16 Å². The first-order valence-electron chi connectivity index (χ1n) is 11.1. The minimum absolute atomic E-state index is 0.0372. The number of piperidine rings is 1. The van der Waals surface area contributed by atoms with Gasteiger partial charge >= 0.3 is 22.5 Å². The van der Waals surface area contributed by atoms with E-state index in [9.17, 15) is 18.0 Å². The maximum Gasteiger partial charge on any atom is 0.418 e. The second kappa shape index (κ2) is 8.82. The topological polar surface area (TPSA) is 164 Å². The molecule has 3 fully saturated rings. The number of ether oxygens (including phenoxy) is 1. The minimum atomic E-state index is -4.79. The molecule has 13 nitrogen and oxygen atoms in total. The van der Waals surface area contributed by atoms with Gasteiger partial charge in [-0.25, -0.2) is 9.59 Å². The average Bonchev–Trinajstić information content (AvgIpc) is 3.22. The summed E-state index contributed by atoms with van der Waals surface area (Å²) >= 11 is 0. The van der Waals surface area contributed by atoms with Crippen molar-refractivity contribution in [2.75, 3.05) is 6.54 Å². The van der Waals surface area contributed by atoms with Crippen LogP contribution in [0.25, 0.3) is 0 Å². The number of aromatic nitrogens is 1. The van der Waals surface area contributed by atoms with Crippen LogP contribution in [0.1, 0.15) is 76.8 Å². The van der Waals surface area contributed by atoms with Crippen molar-refractivity contribution >= 4 is 28.4 Å². The van der Waals surface area contributed by atoms with E-state index >= 15 is 0 Å². The van der Waals surface area contributed by atoms with E-state index in [1.807, 2.05) is 6.07 Å². The van der Waals surface area contributed by atoms with Gasteiger partial charge in [-0.05, 0) is 53.4 Å². The molecule has 3 amide bonds. The molecule has 4 rings (SSSR count). The maximum absolute atomic E-state index is 12.6.